The third-order valence-corrected chi connectivity index (χ3v) is 13.8. The zero-order chi connectivity index (χ0) is 47.0. The first-order chi connectivity index (χ1) is 31.8. The molecule has 6 atom stereocenters. The molecular weight excluding hydrogens is 855 g/mol. The lowest BCUT2D eigenvalue weighted by Gasteiger charge is -2.68. The van der Waals surface area contributed by atoms with E-state index in [0.717, 1.165) is 25.7 Å². The molecule has 3 unspecified atom stereocenters. The summed E-state index contributed by atoms with van der Waals surface area (Å²) in [5.74, 6) is 0.0139. The van der Waals surface area contributed by atoms with Gasteiger partial charge in [0.25, 0.3) is 11.5 Å². The molecule has 6 fully saturated rings. The lowest BCUT2D eigenvalue weighted by molar-refractivity contribution is -0.645. The topological polar surface area (TPSA) is 214 Å². The molecule has 17 nitrogen and oxygen atoms in total. The Morgan fingerprint density at radius 2 is 1.64 bits per heavy atom. The second kappa shape index (κ2) is 18.9. The third-order valence-electron chi connectivity index (χ3n) is 13.8. The van der Waals surface area contributed by atoms with Crippen LogP contribution in [0.4, 0.5) is 0 Å². The Morgan fingerprint density at radius 1 is 0.924 bits per heavy atom. The van der Waals surface area contributed by atoms with Gasteiger partial charge in [-0.05, 0) is 111 Å². The van der Waals surface area contributed by atoms with Gasteiger partial charge in [0.2, 0.25) is 12.0 Å². The monoisotopic (exact) mass is 907 g/mol. The molecule has 66 heavy (non-hydrogen) atoms. The molecule has 9 rings (SSSR count). The molecule has 7 aliphatic rings. The molecular formula is C49H53N3O14. The van der Waals surface area contributed by atoms with Crippen molar-refractivity contribution < 1.29 is 68.2 Å². The Hall–Kier alpha value is -5.62. The first-order valence-electron chi connectivity index (χ1n) is 21.9. The van der Waals surface area contributed by atoms with E-state index in [1.807, 2.05) is 18.2 Å². The second-order valence-corrected chi connectivity index (χ2v) is 18.0. The standard InChI is InChI=1S/C49H53N3O14/c1-47(2)35(41(52-4)45(64-47)37(24-50)51-3)13-9-30-22-31(10-14-40(54)60-16-15-58-5)38(23-36(30)49(59-6)48(65-66-49)32-18-28-17-29(20-32)21-33(48)19-28)61-26-27-7-11-34(12-8-27)62-46-44(57)43(56)42(55)39(25-53)63-46/h7-14,22-23,28-29,32-33,39,42-44,46,53,55-57H,15-21,25-26H2,1-2,5-6H3/b13-9+,14-10+,45-37+/t28?,29?,32?,33?,39?,42-,43-,44?,46+,48?,49?/m0/s1. The molecule has 3 aliphatic heterocycles. The minimum atomic E-state index is -1.60. The van der Waals surface area contributed by atoms with Gasteiger partial charge < -0.3 is 53.6 Å². The number of carbonyl (C=O) groups is 1. The Bertz CT molecular complexity index is 2390. The summed E-state index contributed by atoms with van der Waals surface area (Å²) in [7, 11) is 3.10. The molecule has 4 aliphatic carbocycles. The fourth-order valence-electron chi connectivity index (χ4n) is 10.8. The molecule has 0 amide bonds. The molecule has 2 saturated heterocycles. The summed E-state index contributed by atoms with van der Waals surface area (Å²) in [6.45, 7) is 18.8. The number of benzene rings is 2. The Balaban J connectivity index is 1.19. The summed E-state index contributed by atoms with van der Waals surface area (Å²) in [6, 6.07) is 12.2. The van der Waals surface area contributed by atoms with E-state index in [2.05, 4.69) is 9.69 Å². The highest BCUT2D eigenvalue weighted by atomic mass is 17.3. The van der Waals surface area contributed by atoms with Crippen LogP contribution >= 0.6 is 0 Å². The summed E-state index contributed by atoms with van der Waals surface area (Å²) in [4.78, 5) is 32.6. The molecule has 0 aromatic heterocycles. The second-order valence-electron chi connectivity index (χ2n) is 18.0. The van der Waals surface area contributed by atoms with E-state index < -0.39 is 60.3 Å². The Labute approximate surface area is 382 Å². The van der Waals surface area contributed by atoms with Gasteiger partial charge in [-0.15, -0.1) is 0 Å². The van der Waals surface area contributed by atoms with Crippen molar-refractivity contribution in [3.8, 4) is 17.6 Å². The highest BCUT2D eigenvalue weighted by molar-refractivity contribution is 5.88. The van der Waals surface area contributed by atoms with Gasteiger partial charge in [0.05, 0.1) is 32.4 Å². The van der Waals surface area contributed by atoms with Crippen molar-refractivity contribution in [2.75, 3.05) is 34.0 Å². The van der Waals surface area contributed by atoms with Gasteiger partial charge in [-0.1, -0.05) is 24.3 Å². The molecule has 0 radical (unpaired) electrons. The average Bonchev–Trinajstić information content (AvgIpc) is 3.56. The lowest BCUT2D eigenvalue weighted by Crippen LogP contribution is -2.76. The molecule has 17 heteroatoms. The Kier molecular flexibility index (Phi) is 13.5. The first-order valence-corrected chi connectivity index (χ1v) is 21.9. The fraction of sp³-hybridized carbons (Fsp3) is 0.510. The highest BCUT2D eigenvalue weighted by Crippen LogP contribution is 2.70. The van der Waals surface area contributed by atoms with E-state index in [4.69, 9.17) is 56.1 Å². The maximum atomic E-state index is 12.9. The summed E-state index contributed by atoms with van der Waals surface area (Å²) in [6.07, 6.45) is 4.28. The highest BCUT2D eigenvalue weighted by Gasteiger charge is 2.77. The average molecular weight is 908 g/mol. The third kappa shape index (κ3) is 8.28. The number of allylic oxidation sites excluding steroid dienone is 1. The molecule has 2 aromatic rings. The van der Waals surface area contributed by atoms with Crippen LogP contribution in [-0.4, -0.2) is 102 Å². The smallest absolute Gasteiger partial charge is 0.330 e. The predicted molar refractivity (Wildman–Crippen MR) is 231 cm³/mol. The summed E-state index contributed by atoms with van der Waals surface area (Å²) < 4.78 is 40.9. The van der Waals surface area contributed by atoms with Crippen LogP contribution in [0.3, 0.4) is 0 Å². The van der Waals surface area contributed by atoms with E-state index in [9.17, 15) is 30.5 Å². The molecule has 2 aromatic carbocycles. The van der Waals surface area contributed by atoms with Crippen LogP contribution in [0.1, 0.15) is 68.2 Å². The van der Waals surface area contributed by atoms with E-state index in [1.165, 1.54) is 19.6 Å². The Morgan fingerprint density at radius 3 is 2.23 bits per heavy atom. The first kappa shape index (κ1) is 46.9. The summed E-state index contributed by atoms with van der Waals surface area (Å²) in [5.41, 5.74) is 0.555. The van der Waals surface area contributed by atoms with Crippen LogP contribution < -0.4 is 9.47 Å². The number of nitriles is 1. The SMILES string of the molecule is [C-]#[N+]C1=C(/C=C/c2cc(/C=C/C(=O)OCCOC)c(OCc3ccc(O[C@@H]4OC(CO)[C@H](O)[C@H](O)C4O)cc3)cc2C2(OC)OOC23C2CC4CC(C2)CC3C4)C(C)(C)O/C1=C(\C#N)[N+]#[C-]. The van der Waals surface area contributed by atoms with Gasteiger partial charge in [-0.25, -0.2) is 24.6 Å². The van der Waals surface area contributed by atoms with Crippen molar-refractivity contribution in [3.05, 3.63) is 116 Å². The van der Waals surface area contributed by atoms with Gasteiger partial charge in [-0.3, -0.25) is 0 Å². The maximum Gasteiger partial charge on any atom is 0.330 e. The van der Waals surface area contributed by atoms with E-state index in [1.54, 1.807) is 63.5 Å². The van der Waals surface area contributed by atoms with Crippen molar-refractivity contribution in [1.82, 2.24) is 0 Å². The summed E-state index contributed by atoms with van der Waals surface area (Å²) >= 11 is 0. The van der Waals surface area contributed by atoms with Gasteiger partial charge >= 0.3 is 5.97 Å². The molecule has 4 saturated carbocycles. The van der Waals surface area contributed by atoms with Gasteiger partial charge in [-0.2, -0.15) is 4.89 Å². The number of aliphatic hydroxyl groups is 4. The van der Waals surface area contributed by atoms with Crippen molar-refractivity contribution >= 4 is 18.1 Å². The fourth-order valence-corrected chi connectivity index (χ4v) is 10.8. The van der Waals surface area contributed by atoms with E-state index >= 15 is 0 Å². The van der Waals surface area contributed by atoms with Crippen molar-refractivity contribution in [1.29, 1.82) is 5.26 Å². The lowest BCUT2D eigenvalue weighted by atomic mass is 9.47. The van der Waals surface area contributed by atoms with Crippen LogP contribution in [0.15, 0.2) is 71.3 Å². The van der Waals surface area contributed by atoms with Crippen molar-refractivity contribution in [3.63, 3.8) is 0 Å². The van der Waals surface area contributed by atoms with Crippen LogP contribution in [0, 0.1) is 48.1 Å². The molecule has 348 valence electrons. The molecule has 4 N–H and O–H groups in total. The zero-order valence-corrected chi connectivity index (χ0v) is 37.0. The molecule has 1 spiro atoms. The zero-order valence-electron chi connectivity index (χ0n) is 37.0. The number of hydrogen-bond donors (Lipinski definition) is 4. The minimum absolute atomic E-state index is 0.0232. The maximum absolute atomic E-state index is 12.9. The summed E-state index contributed by atoms with van der Waals surface area (Å²) in [5, 5.41) is 50.2. The van der Waals surface area contributed by atoms with E-state index in [0.29, 0.717) is 45.4 Å². The van der Waals surface area contributed by atoms with Crippen LogP contribution in [0.25, 0.3) is 21.8 Å². The number of rotatable bonds is 15. The van der Waals surface area contributed by atoms with Crippen molar-refractivity contribution in [2.45, 2.75) is 100 Å². The number of carbonyl (C=O) groups excluding carboxylic acids is 1. The normalized spacial score (nSPS) is 33.6. The van der Waals surface area contributed by atoms with Gasteiger partial charge in [0.15, 0.2) is 5.60 Å². The quantitative estimate of drug-likeness (QED) is 0.0449. The largest absolute Gasteiger partial charge is 0.505 e. The van der Waals surface area contributed by atoms with E-state index in [-0.39, 0.29) is 54.6 Å². The number of ether oxygens (including phenoxy) is 7. The number of aliphatic hydroxyl groups excluding tert-OH is 4. The molecule has 4 bridgehead atoms. The minimum Gasteiger partial charge on any atom is -0.505 e. The number of esters is 1. The number of methoxy groups -OCH3 is 2. The number of hydrogen-bond acceptors (Lipinski definition) is 15. The molecule has 3 heterocycles. The number of nitrogens with zero attached hydrogens (tertiary/aromatic N) is 3. The van der Waals surface area contributed by atoms with Crippen LogP contribution in [0.2, 0.25) is 0 Å². The van der Waals surface area contributed by atoms with Crippen molar-refractivity contribution in [2.24, 2.45) is 23.7 Å². The van der Waals surface area contributed by atoms with Gasteiger partial charge in [0.1, 0.15) is 60.5 Å². The van der Waals surface area contributed by atoms with Gasteiger partial charge in [0, 0.05) is 37.0 Å². The predicted octanol–water partition coefficient (Wildman–Crippen LogP) is 5.25. The van der Waals surface area contributed by atoms with Crippen LogP contribution in [0.5, 0.6) is 11.5 Å². The van der Waals surface area contributed by atoms with Crippen LogP contribution in [-0.2, 0) is 50.6 Å².